The lowest BCUT2D eigenvalue weighted by Gasteiger charge is -2.20. The van der Waals surface area contributed by atoms with Crippen molar-refractivity contribution in [2.75, 3.05) is 5.73 Å². The fraction of sp³-hybridized carbons (Fsp3) is 0.294. The van der Waals surface area contributed by atoms with Gasteiger partial charge in [-0.05, 0) is 33.8 Å². The van der Waals surface area contributed by atoms with Crippen molar-refractivity contribution < 1.29 is 0 Å². The Morgan fingerprint density at radius 2 is 1.71 bits per heavy atom. The maximum absolute atomic E-state index is 6.12. The van der Waals surface area contributed by atoms with E-state index in [0.717, 1.165) is 22.2 Å². The second-order valence-corrected chi connectivity index (χ2v) is 6.39. The average Bonchev–Trinajstić information content (AvgIpc) is 2.80. The molecule has 2 aromatic heterocycles. The Hall–Kier alpha value is -2.36. The Morgan fingerprint density at radius 3 is 2.33 bits per heavy atom. The Kier molecular flexibility index (Phi) is 2.97. The van der Waals surface area contributed by atoms with Crippen LogP contribution < -0.4 is 5.73 Å². The molecule has 0 aliphatic carbocycles. The topological polar surface area (TPSA) is 56.7 Å². The molecule has 2 N–H and O–H groups in total. The SMILES string of the molecule is Cc1ccc(-c2nn(C(C)(C)C)c3ccnc(N)c23)cc1. The summed E-state index contributed by atoms with van der Waals surface area (Å²) in [6.45, 7) is 8.48. The van der Waals surface area contributed by atoms with Crippen LogP contribution in [-0.4, -0.2) is 14.8 Å². The van der Waals surface area contributed by atoms with E-state index in [1.165, 1.54) is 5.56 Å². The largest absolute Gasteiger partial charge is 0.383 e. The van der Waals surface area contributed by atoms with Gasteiger partial charge in [-0.25, -0.2) is 4.98 Å². The molecule has 0 amide bonds. The molecule has 108 valence electrons. The highest BCUT2D eigenvalue weighted by atomic mass is 15.3. The Morgan fingerprint density at radius 1 is 1.05 bits per heavy atom. The molecule has 0 radical (unpaired) electrons. The van der Waals surface area contributed by atoms with E-state index in [2.05, 4.69) is 56.9 Å². The zero-order valence-electron chi connectivity index (χ0n) is 12.9. The summed E-state index contributed by atoms with van der Waals surface area (Å²) in [4.78, 5) is 4.23. The highest BCUT2D eigenvalue weighted by Gasteiger charge is 2.22. The minimum absolute atomic E-state index is 0.116. The summed E-state index contributed by atoms with van der Waals surface area (Å²) in [5, 5.41) is 5.75. The molecule has 4 nitrogen and oxygen atoms in total. The van der Waals surface area contributed by atoms with E-state index in [-0.39, 0.29) is 5.54 Å². The number of anilines is 1. The lowest BCUT2D eigenvalue weighted by atomic mass is 10.1. The number of aryl methyl sites for hydroxylation is 1. The van der Waals surface area contributed by atoms with Crippen LogP contribution in [0.15, 0.2) is 36.5 Å². The summed E-state index contributed by atoms with van der Waals surface area (Å²) in [6, 6.07) is 10.3. The molecule has 0 saturated heterocycles. The molecule has 3 aromatic rings. The fourth-order valence-electron chi connectivity index (χ4n) is 2.52. The first-order valence-electron chi connectivity index (χ1n) is 7.08. The van der Waals surface area contributed by atoms with E-state index in [1.54, 1.807) is 6.20 Å². The van der Waals surface area contributed by atoms with Crippen molar-refractivity contribution in [2.24, 2.45) is 0 Å². The first-order chi connectivity index (χ1) is 9.88. The van der Waals surface area contributed by atoms with Crippen LogP contribution in [0, 0.1) is 6.92 Å². The highest BCUT2D eigenvalue weighted by Crippen LogP contribution is 2.33. The van der Waals surface area contributed by atoms with Crippen molar-refractivity contribution in [3.05, 3.63) is 42.1 Å². The van der Waals surface area contributed by atoms with E-state index in [1.807, 2.05) is 10.7 Å². The molecule has 2 heterocycles. The number of hydrogen-bond donors (Lipinski definition) is 1. The van der Waals surface area contributed by atoms with Gasteiger partial charge in [0.1, 0.15) is 11.5 Å². The van der Waals surface area contributed by atoms with Crippen LogP contribution in [0.3, 0.4) is 0 Å². The molecule has 0 unspecified atom stereocenters. The summed E-state index contributed by atoms with van der Waals surface area (Å²) >= 11 is 0. The summed E-state index contributed by atoms with van der Waals surface area (Å²) in [7, 11) is 0. The third-order valence-corrected chi connectivity index (χ3v) is 3.58. The Balaban J connectivity index is 2.35. The zero-order valence-corrected chi connectivity index (χ0v) is 12.9. The standard InChI is InChI=1S/C17H20N4/c1-11-5-7-12(8-6-11)15-14-13(9-10-19-16(14)18)21(20-15)17(2,3)4/h5-10H,1-4H3,(H2,18,19). The third-order valence-electron chi connectivity index (χ3n) is 3.58. The molecule has 1 aromatic carbocycles. The van der Waals surface area contributed by atoms with Crippen LogP contribution in [0.5, 0.6) is 0 Å². The van der Waals surface area contributed by atoms with Crippen LogP contribution in [0.25, 0.3) is 22.2 Å². The predicted octanol–water partition coefficient (Wildman–Crippen LogP) is 3.74. The summed E-state index contributed by atoms with van der Waals surface area (Å²) in [5.41, 5.74) is 10.2. The number of nitrogens with zero attached hydrogens (tertiary/aromatic N) is 3. The molecule has 21 heavy (non-hydrogen) atoms. The van der Waals surface area contributed by atoms with Crippen molar-refractivity contribution in [1.82, 2.24) is 14.8 Å². The zero-order chi connectivity index (χ0) is 15.2. The van der Waals surface area contributed by atoms with Gasteiger partial charge in [-0.1, -0.05) is 29.8 Å². The summed E-state index contributed by atoms with van der Waals surface area (Å²) < 4.78 is 2.02. The number of rotatable bonds is 1. The van der Waals surface area contributed by atoms with Gasteiger partial charge in [0, 0.05) is 11.8 Å². The molecule has 0 fully saturated rings. The van der Waals surface area contributed by atoms with E-state index in [9.17, 15) is 0 Å². The van der Waals surface area contributed by atoms with Gasteiger partial charge in [-0.15, -0.1) is 0 Å². The summed E-state index contributed by atoms with van der Waals surface area (Å²) in [6.07, 6.45) is 1.74. The lowest BCUT2D eigenvalue weighted by molar-refractivity contribution is 0.369. The monoisotopic (exact) mass is 280 g/mol. The number of pyridine rings is 1. The van der Waals surface area contributed by atoms with Gasteiger partial charge in [-0.2, -0.15) is 5.10 Å². The minimum Gasteiger partial charge on any atom is -0.383 e. The van der Waals surface area contributed by atoms with Crippen molar-refractivity contribution in [3.63, 3.8) is 0 Å². The minimum atomic E-state index is -0.116. The molecule has 3 rings (SSSR count). The fourth-order valence-corrected chi connectivity index (χ4v) is 2.52. The quantitative estimate of drug-likeness (QED) is 0.738. The summed E-state index contributed by atoms with van der Waals surface area (Å²) in [5.74, 6) is 0.526. The van der Waals surface area contributed by atoms with E-state index in [4.69, 9.17) is 10.8 Å². The number of hydrogen-bond acceptors (Lipinski definition) is 3. The third kappa shape index (κ3) is 2.27. The molecule has 0 atom stereocenters. The van der Waals surface area contributed by atoms with Gasteiger partial charge < -0.3 is 5.73 Å². The molecular formula is C17H20N4. The lowest BCUT2D eigenvalue weighted by Crippen LogP contribution is -2.22. The van der Waals surface area contributed by atoms with E-state index >= 15 is 0 Å². The first-order valence-corrected chi connectivity index (χ1v) is 7.08. The number of aromatic nitrogens is 3. The smallest absolute Gasteiger partial charge is 0.135 e. The van der Waals surface area contributed by atoms with Crippen molar-refractivity contribution in [2.45, 2.75) is 33.2 Å². The van der Waals surface area contributed by atoms with Gasteiger partial charge in [0.25, 0.3) is 0 Å². The van der Waals surface area contributed by atoms with Crippen molar-refractivity contribution >= 4 is 16.7 Å². The van der Waals surface area contributed by atoms with Gasteiger partial charge in [0.05, 0.1) is 16.4 Å². The van der Waals surface area contributed by atoms with Crippen molar-refractivity contribution in [1.29, 1.82) is 0 Å². The van der Waals surface area contributed by atoms with E-state index in [0.29, 0.717) is 5.82 Å². The highest BCUT2D eigenvalue weighted by molar-refractivity contribution is 6.00. The molecule has 0 saturated carbocycles. The molecule has 0 bridgehead atoms. The molecule has 4 heteroatoms. The van der Waals surface area contributed by atoms with Crippen LogP contribution in [0.4, 0.5) is 5.82 Å². The Bertz CT molecular complexity index is 792. The van der Waals surface area contributed by atoms with Gasteiger partial charge >= 0.3 is 0 Å². The normalized spacial score (nSPS) is 12.0. The van der Waals surface area contributed by atoms with E-state index < -0.39 is 0 Å². The van der Waals surface area contributed by atoms with Crippen LogP contribution in [0.1, 0.15) is 26.3 Å². The molecule has 0 spiro atoms. The van der Waals surface area contributed by atoms with Crippen LogP contribution >= 0.6 is 0 Å². The number of benzene rings is 1. The number of nitrogen functional groups attached to an aromatic ring is 1. The molecular weight excluding hydrogens is 260 g/mol. The maximum atomic E-state index is 6.12. The average molecular weight is 280 g/mol. The first kappa shape index (κ1) is 13.6. The Labute approximate surface area is 124 Å². The number of fused-ring (bicyclic) bond motifs is 1. The second-order valence-electron chi connectivity index (χ2n) is 6.39. The van der Waals surface area contributed by atoms with Gasteiger partial charge in [0.15, 0.2) is 0 Å². The van der Waals surface area contributed by atoms with Crippen molar-refractivity contribution in [3.8, 4) is 11.3 Å². The van der Waals surface area contributed by atoms with Gasteiger partial charge in [0.2, 0.25) is 0 Å². The maximum Gasteiger partial charge on any atom is 0.135 e. The van der Waals surface area contributed by atoms with Crippen LogP contribution in [-0.2, 0) is 5.54 Å². The van der Waals surface area contributed by atoms with Crippen LogP contribution in [0.2, 0.25) is 0 Å². The number of nitrogens with two attached hydrogens (primary N) is 1. The predicted molar refractivity (Wildman–Crippen MR) is 87.1 cm³/mol. The molecule has 0 aliphatic rings. The molecule has 0 aliphatic heterocycles. The second kappa shape index (κ2) is 4.58. The van der Waals surface area contributed by atoms with Gasteiger partial charge in [-0.3, -0.25) is 4.68 Å².